The van der Waals surface area contributed by atoms with Crippen LogP contribution in [0.25, 0.3) is 0 Å². The first kappa shape index (κ1) is 29.7. The summed E-state index contributed by atoms with van der Waals surface area (Å²) in [6.07, 6.45) is 0. The van der Waals surface area contributed by atoms with Crippen molar-refractivity contribution < 1.29 is 18.0 Å². The Morgan fingerprint density at radius 3 is 2.13 bits per heavy atom. The highest BCUT2D eigenvalue weighted by Crippen LogP contribution is 2.26. The normalized spacial score (nSPS) is 12.2. The summed E-state index contributed by atoms with van der Waals surface area (Å²) in [5.74, 6) is -0.650. The van der Waals surface area contributed by atoms with Gasteiger partial charge in [-0.25, -0.2) is 8.42 Å². The highest BCUT2D eigenvalue weighted by Gasteiger charge is 2.32. The third-order valence-corrected chi connectivity index (χ3v) is 8.56. The molecule has 1 unspecified atom stereocenters. The smallest absolute Gasteiger partial charge is 0.264 e. The van der Waals surface area contributed by atoms with Crippen LogP contribution in [-0.2, 0) is 26.2 Å². The molecule has 0 aliphatic rings. The lowest BCUT2D eigenvalue weighted by molar-refractivity contribution is -0.139. The van der Waals surface area contributed by atoms with Gasteiger partial charge in [0.2, 0.25) is 11.8 Å². The number of nitrogens with zero attached hydrogens (tertiary/aromatic N) is 2. The quantitative estimate of drug-likeness (QED) is 0.307. The first-order valence-electron chi connectivity index (χ1n) is 12.1. The van der Waals surface area contributed by atoms with Crippen LogP contribution < -0.4 is 9.62 Å². The van der Waals surface area contributed by atoms with Crippen molar-refractivity contribution >= 4 is 55.1 Å². The molecule has 0 aliphatic heterocycles. The number of halogens is 2. The average molecular weight is 621 g/mol. The van der Waals surface area contributed by atoms with E-state index in [1.807, 2.05) is 13.8 Å². The van der Waals surface area contributed by atoms with Crippen molar-refractivity contribution in [3.05, 3.63) is 93.9 Å². The molecular formula is C28H31BrClN3O4S. The summed E-state index contributed by atoms with van der Waals surface area (Å²) in [6.45, 7) is 5.55. The fourth-order valence-electron chi connectivity index (χ4n) is 3.70. The van der Waals surface area contributed by atoms with Crippen LogP contribution in [0.5, 0.6) is 0 Å². The predicted molar refractivity (Wildman–Crippen MR) is 154 cm³/mol. The standard InChI is InChI=1S/C28H31BrClN3O4S/c1-20(2)17-31-28(35)21(3)32(18-22-9-7-8-12-26(22)30)27(34)19-33(24-15-13-23(29)14-16-24)38(36,37)25-10-5-4-6-11-25/h4-16,20-21H,17-19H2,1-3H3,(H,31,35). The van der Waals surface area contributed by atoms with Gasteiger partial charge in [0.25, 0.3) is 10.0 Å². The summed E-state index contributed by atoms with van der Waals surface area (Å²) in [7, 11) is -4.10. The second-order valence-corrected chi connectivity index (χ2v) is 12.4. The maximum atomic E-state index is 13.9. The van der Waals surface area contributed by atoms with Gasteiger partial charge < -0.3 is 10.2 Å². The monoisotopic (exact) mass is 619 g/mol. The molecule has 0 aromatic heterocycles. The van der Waals surface area contributed by atoms with E-state index in [-0.39, 0.29) is 23.3 Å². The Kier molecular flexibility index (Phi) is 10.4. The summed E-state index contributed by atoms with van der Waals surface area (Å²) in [5, 5.41) is 3.31. The van der Waals surface area contributed by atoms with E-state index in [9.17, 15) is 18.0 Å². The third kappa shape index (κ3) is 7.58. The van der Waals surface area contributed by atoms with Crippen LogP contribution in [0.15, 0.2) is 88.2 Å². The van der Waals surface area contributed by atoms with Gasteiger partial charge >= 0.3 is 0 Å². The maximum Gasteiger partial charge on any atom is 0.264 e. The van der Waals surface area contributed by atoms with Crippen molar-refractivity contribution in [3.8, 4) is 0 Å². The Morgan fingerprint density at radius 2 is 1.53 bits per heavy atom. The van der Waals surface area contributed by atoms with Crippen LogP contribution >= 0.6 is 27.5 Å². The molecule has 0 radical (unpaired) electrons. The fraction of sp³-hybridized carbons (Fsp3) is 0.286. The summed E-state index contributed by atoms with van der Waals surface area (Å²) < 4.78 is 29.3. The Bertz CT molecular complexity index is 1350. The number of hydrogen-bond acceptors (Lipinski definition) is 4. The van der Waals surface area contributed by atoms with Crippen LogP contribution in [0.1, 0.15) is 26.3 Å². The molecule has 10 heteroatoms. The minimum absolute atomic E-state index is 0.0360. The number of hydrogen-bond donors (Lipinski definition) is 1. The van der Waals surface area contributed by atoms with Crippen LogP contribution in [0, 0.1) is 5.92 Å². The lowest BCUT2D eigenvalue weighted by atomic mass is 10.1. The van der Waals surface area contributed by atoms with Crippen molar-refractivity contribution in [3.63, 3.8) is 0 Å². The zero-order chi connectivity index (χ0) is 27.9. The number of amides is 2. The largest absolute Gasteiger partial charge is 0.354 e. The van der Waals surface area contributed by atoms with Crippen LogP contribution in [0.2, 0.25) is 5.02 Å². The molecule has 7 nitrogen and oxygen atoms in total. The Morgan fingerprint density at radius 1 is 0.921 bits per heavy atom. The molecule has 3 aromatic rings. The van der Waals surface area contributed by atoms with E-state index in [0.717, 1.165) is 8.78 Å². The summed E-state index contributed by atoms with van der Waals surface area (Å²) >= 11 is 9.75. The Hall–Kier alpha value is -2.88. The average Bonchev–Trinajstić information content (AvgIpc) is 2.90. The second-order valence-electron chi connectivity index (χ2n) is 9.23. The SMILES string of the molecule is CC(C)CNC(=O)C(C)N(Cc1ccccc1Cl)C(=O)CN(c1ccc(Br)cc1)S(=O)(=O)c1ccccc1. The van der Waals surface area contributed by atoms with E-state index in [1.54, 1.807) is 73.7 Å². The molecule has 0 aliphatic carbocycles. The van der Waals surface area contributed by atoms with Gasteiger partial charge in [-0.05, 0) is 60.9 Å². The zero-order valence-corrected chi connectivity index (χ0v) is 24.6. The summed E-state index contributed by atoms with van der Waals surface area (Å²) in [5.41, 5.74) is 0.965. The highest BCUT2D eigenvalue weighted by molar-refractivity contribution is 9.10. The number of anilines is 1. The van der Waals surface area contributed by atoms with Gasteiger partial charge in [0.1, 0.15) is 12.6 Å². The van der Waals surface area contributed by atoms with Gasteiger partial charge in [0.15, 0.2) is 0 Å². The second kappa shape index (κ2) is 13.3. The van der Waals surface area contributed by atoms with Crippen LogP contribution in [0.3, 0.4) is 0 Å². The van der Waals surface area contributed by atoms with Gasteiger partial charge in [-0.2, -0.15) is 0 Å². The Labute approximate surface area is 238 Å². The van der Waals surface area contributed by atoms with E-state index < -0.39 is 28.5 Å². The number of benzene rings is 3. The van der Waals surface area contributed by atoms with E-state index in [4.69, 9.17) is 11.6 Å². The van der Waals surface area contributed by atoms with Crippen molar-refractivity contribution in [1.82, 2.24) is 10.2 Å². The molecule has 38 heavy (non-hydrogen) atoms. The molecule has 1 N–H and O–H groups in total. The minimum Gasteiger partial charge on any atom is -0.354 e. The van der Waals surface area contributed by atoms with Crippen LogP contribution in [0.4, 0.5) is 5.69 Å². The molecule has 0 saturated carbocycles. The van der Waals surface area contributed by atoms with Gasteiger partial charge in [-0.15, -0.1) is 0 Å². The van der Waals surface area contributed by atoms with E-state index in [2.05, 4.69) is 21.2 Å². The molecule has 2 amide bonds. The first-order valence-corrected chi connectivity index (χ1v) is 14.8. The van der Waals surface area contributed by atoms with Gasteiger partial charge in [-0.3, -0.25) is 13.9 Å². The van der Waals surface area contributed by atoms with Gasteiger partial charge in [0.05, 0.1) is 10.6 Å². The minimum atomic E-state index is -4.10. The predicted octanol–water partition coefficient (Wildman–Crippen LogP) is 5.49. The highest BCUT2D eigenvalue weighted by atomic mass is 79.9. The van der Waals surface area contributed by atoms with Gasteiger partial charge in [0, 0.05) is 22.6 Å². The molecule has 3 rings (SSSR count). The Balaban J connectivity index is 2.00. The summed E-state index contributed by atoms with van der Waals surface area (Å²) in [4.78, 5) is 28.3. The molecule has 202 valence electrons. The molecule has 1 atom stereocenters. The third-order valence-electron chi connectivity index (χ3n) is 5.88. The lowest BCUT2D eigenvalue weighted by Crippen LogP contribution is -2.51. The van der Waals surface area contributed by atoms with E-state index >= 15 is 0 Å². The maximum absolute atomic E-state index is 13.9. The molecule has 0 bridgehead atoms. The molecular weight excluding hydrogens is 590 g/mol. The van der Waals surface area contributed by atoms with Crippen molar-refractivity contribution in [2.75, 3.05) is 17.4 Å². The van der Waals surface area contributed by atoms with Crippen molar-refractivity contribution in [1.29, 1.82) is 0 Å². The number of rotatable bonds is 11. The molecule has 3 aromatic carbocycles. The number of sulfonamides is 1. The number of nitrogens with one attached hydrogen (secondary N) is 1. The van der Waals surface area contributed by atoms with Gasteiger partial charge in [-0.1, -0.05) is 77.8 Å². The lowest BCUT2D eigenvalue weighted by Gasteiger charge is -2.32. The number of carbonyl (C=O) groups excluding carboxylic acids is 2. The molecule has 0 heterocycles. The zero-order valence-electron chi connectivity index (χ0n) is 21.5. The summed E-state index contributed by atoms with van der Waals surface area (Å²) in [6, 6.07) is 20.8. The first-order chi connectivity index (χ1) is 18.0. The van der Waals surface area contributed by atoms with Crippen molar-refractivity contribution in [2.24, 2.45) is 5.92 Å². The molecule has 0 spiro atoms. The molecule has 0 fully saturated rings. The van der Waals surface area contributed by atoms with E-state index in [0.29, 0.717) is 22.8 Å². The topological polar surface area (TPSA) is 86.8 Å². The fourth-order valence-corrected chi connectivity index (χ4v) is 5.60. The molecule has 0 saturated heterocycles. The van der Waals surface area contributed by atoms with Crippen LogP contribution in [-0.4, -0.2) is 44.3 Å². The van der Waals surface area contributed by atoms with E-state index in [1.165, 1.54) is 17.0 Å². The van der Waals surface area contributed by atoms with Crippen molar-refractivity contribution in [2.45, 2.75) is 38.3 Å². The number of carbonyl (C=O) groups is 2.